The maximum absolute atomic E-state index is 12.2. The van der Waals surface area contributed by atoms with E-state index in [0.717, 1.165) is 0 Å². The zero-order valence-corrected chi connectivity index (χ0v) is 12.7. The molecule has 1 fully saturated rings. The van der Waals surface area contributed by atoms with Gasteiger partial charge in [0.1, 0.15) is 0 Å². The van der Waals surface area contributed by atoms with Crippen molar-refractivity contribution in [2.75, 3.05) is 5.32 Å². The molecule has 0 saturated heterocycles. The highest BCUT2D eigenvalue weighted by Gasteiger charge is 2.41. The number of carbonyl (C=O) groups is 2. The van der Waals surface area contributed by atoms with Crippen molar-refractivity contribution in [3.8, 4) is 5.75 Å². The largest absolute Gasteiger partial charge is 0.487 e. The van der Waals surface area contributed by atoms with Crippen molar-refractivity contribution in [2.24, 2.45) is 11.8 Å². The lowest BCUT2D eigenvalue weighted by Gasteiger charge is -2.32. The van der Waals surface area contributed by atoms with Crippen LogP contribution in [0.15, 0.2) is 18.2 Å². The van der Waals surface area contributed by atoms with Gasteiger partial charge < -0.3 is 15.2 Å². The summed E-state index contributed by atoms with van der Waals surface area (Å²) in [5.41, 5.74) is 0.470. The molecule has 114 valence electrons. The molecule has 0 spiro atoms. The summed E-state index contributed by atoms with van der Waals surface area (Å²) in [6.45, 7) is 3.72. The van der Waals surface area contributed by atoms with E-state index >= 15 is 0 Å². The fourth-order valence-electron chi connectivity index (χ4n) is 2.30. The average Bonchev–Trinajstić information content (AvgIpc) is 2.30. The molecule has 1 amide bonds. The van der Waals surface area contributed by atoms with Gasteiger partial charge in [0.15, 0.2) is 5.75 Å². The Bertz CT molecular complexity index is 559. The highest BCUT2D eigenvalue weighted by Crippen LogP contribution is 2.38. The van der Waals surface area contributed by atoms with Crippen LogP contribution in [0.2, 0.25) is 5.02 Å². The van der Waals surface area contributed by atoms with Crippen LogP contribution in [0.4, 0.5) is 5.69 Å². The summed E-state index contributed by atoms with van der Waals surface area (Å²) in [5.74, 6) is -1.91. The number of carbonyl (C=O) groups excluding carboxylic acids is 1. The van der Waals surface area contributed by atoms with Crippen LogP contribution in [-0.2, 0) is 9.59 Å². The number of hydrogen-bond acceptors (Lipinski definition) is 3. The lowest BCUT2D eigenvalue weighted by molar-refractivity contribution is -0.151. The topological polar surface area (TPSA) is 75.6 Å². The molecule has 1 saturated carbocycles. The van der Waals surface area contributed by atoms with Gasteiger partial charge in [-0.1, -0.05) is 17.7 Å². The predicted octanol–water partition coefficient (Wildman–Crippen LogP) is 3.18. The summed E-state index contributed by atoms with van der Waals surface area (Å²) in [4.78, 5) is 23.2. The highest BCUT2D eigenvalue weighted by atomic mass is 35.5. The van der Waals surface area contributed by atoms with Crippen molar-refractivity contribution in [1.29, 1.82) is 0 Å². The molecule has 2 atom stereocenters. The van der Waals surface area contributed by atoms with Gasteiger partial charge in [0.2, 0.25) is 5.91 Å². The van der Waals surface area contributed by atoms with E-state index in [1.165, 1.54) is 0 Å². The number of amides is 1. The molecule has 5 nitrogen and oxygen atoms in total. The molecule has 6 heteroatoms. The summed E-state index contributed by atoms with van der Waals surface area (Å²) in [6.07, 6.45) is 1.04. The summed E-state index contributed by atoms with van der Waals surface area (Å²) >= 11 is 6.09. The summed E-state index contributed by atoms with van der Waals surface area (Å²) < 4.78 is 5.62. The molecule has 0 heterocycles. The van der Waals surface area contributed by atoms with Crippen LogP contribution in [0.3, 0.4) is 0 Å². The van der Waals surface area contributed by atoms with Crippen LogP contribution in [0.25, 0.3) is 0 Å². The molecule has 0 radical (unpaired) electrons. The van der Waals surface area contributed by atoms with Crippen LogP contribution in [0.5, 0.6) is 5.75 Å². The van der Waals surface area contributed by atoms with Gasteiger partial charge in [0, 0.05) is 0 Å². The van der Waals surface area contributed by atoms with E-state index in [9.17, 15) is 9.59 Å². The molecule has 21 heavy (non-hydrogen) atoms. The molecular weight excluding hydrogens is 294 g/mol. The Morgan fingerprint density at radius 2 is 2.00 bits per heavy atom. The third-order valence-corrected chi connectivity index (χ3v) is 3.80. The average molecular weight is 312 g/mol. The molecule has 1 aliphatic carbocycles. The smallest absolute Gasteiger partial charge is 0.307 e. The fraction of sp³-hybridized carbons (Fsp3) is 0.467. The standard InChI is InChI=1S/C15H18ClNO4/c1-8(2)21-13-11(16)4-3-5-12(13)17-14(18)9-6-7-10(9)15(19)20/h3-5,8-10H,6-7H2,1-2H3,(H,17,18)(H,19,20). The summed E-state index contributed by atoms with van der Waals surface area (Å²) in [5, 5.41) is 12.1. The number of benzene rings is 1. The second-order valence-electron chi connectivity index (χ2n) is 5.40. The molecule has 2 N–H and O–H groups in total. The third-order valence-electron chi connectivity index (χ3n) is 3.51. The van der Waals surface area contributed by atoms with Gasteiger partial charge in [-0.15, -0.1) is 0 Å². The lowest BCUT2D eigenvalue weighted by Crippen LogP contribution is -2.41. The number of rotatable bonds is 5. The predicted molar refractivity (Wildman–Crippen MR) is 79.7 cm³/mol. The first kappa shape index (κ1) is 15.6. The number of nitrogens with one attached hydrogen (secondary N) is 1. The van der Waals surface area contributed by atoms with E-state index in [-0.39, 0.29) is 12.0 Å². The first-order valence-electron chi connectivity index (χ1n) is 6.89. The second-order valence-corrected chi connectivity index (χ2v) is 5.81. The van der Waals surface area contributed by atoms with Gasteiger partial charge in [0.05, 0.1) is 28.6 Å². The number of halogens is 1. The van der Waals surface area contributed by atoms with E-state index in [1.807, 2.05) is 13.8 Å². The number of hydrogen-bond donors (Lipinski definition) is 2. The molecule has 2 rings (SSSR count). The lowest BCUT2D eigenvalue weighted by atomic mass is 9.73. The third kappa shape index (κ3) is 3.47. The van der Waals surface area contributed by atoms with Crippen molar-refractivity contribution in [2.45, 2.75) is 32.8 Å². The highest BCUT2D eigenvalue weighted by molar-refractivity contribution is 6.32. The SMILES string of the molecule is CC(C)Oc1c(Cl)cccc1NC(=O)C1CCC1C(=O)O. The van der Waals surface area contributed by atoms with Crippen molar-refractivity contribution in [3.63, 3.8) is 0 Å². The molecule has 1 aromatic carbocycles. The van der Waals surface area contributed by atoms with Crippen LogP contribution in [-0.4, -0.2) is 23.1 Å². The first-order chi connectivity index (χ1) is 9.90. The Labute approximate surface area is 128 Å². The number of carboxylic acid groups (broad SMARTS) is 1. The molecule has 0 aliphatic heterocycles. The number of anilines is 1. The fourth-order valence-corrected chi connectivity index (χ4v) is 2.52. The maximum Gasteiger partial charge on any atom is 0.307 e. The Kier molecular flexibility index (Phi) is 4.73. The Hall–Kier alpha value is -1.75. The summed E-state index contributed by atoms with van der Waals surface area (Å²) in [6, 6.07) is 5.08. The maximum atomic E-state index is 12.2. The molecule has 2 unspecified atom stereocenters. The minimum Gasteiger partial charge on any atom is -0.487 e. The van der Waals surface area contributed by atoms with E-state index in [0.29, 0.717) is 29.3 Å². The van der Waals surface area contributed by atoms with Crippen LogP contribution in [0, 0.1) is 11.8 Å². The molecule has 0 bridgehead atoms. The Morgan fingerprint density at radius 3 is 2.52 bits per heavy atom. The van der Waals surface area contributed by atoms with Crippen LogP contribution >= 0.6 is 11.6 Å². The Morgan fingerprint density at radius 1 is 1.33 bits per heavy atom. The van der Waals surface area contributed by atoms with Gasteiger partial charge in [-0.05, 0) is 38.8 Å². The normalized spacial score (nSPS) is 20.8. The number of carboxylic acids is 1. The van der Waals surface area contributed by atoms with Crippen molar-refractivity contribution >= 4 is 29.2 Å². The molecular formula is C15H18ClNO4. The number of ether oxygens (including phenoxy) is 1. The van der Waals surface area contributed by atoms with Crippen molar-refractivity contribution < 1.29 is 19.4 Å². The van der Waals surface area contributed by atoms with Crippen molar-refractivity contribution in [3.05, 3.63) is 23.2 Å². The zero-order valence-electron chi connectivity index (χ0n) is 11.9. The van der Waals surface area contributed by atoms with Gasteiger partial charge in [-0.25, -0.2) is 0 Å². The Balaban J connectivity index is 2.14. The van der Waals surface area contributed by atoms with E-state index in [1.54, 1.807) is 18.2 Å². The minimum atomic E-state index is -0.925. The zero-order chi connectivity index (χ0) is 15.6. The molecule has 0 aromatic heterocycles. The van der Waals surface area contributed by atoms with Crippen LogP contribution in [0.1, 0.15) is 26.7 Å². The second kappa shape index (κ2) is 6.35. The number of aliphatic carboxylic acids is 1. The van der Waals surface area contributed by atoms with E-state index < -0.39 is 17.8 Å². The number of para-hydroxylation sites is 1. The first-order valence-corrected chi connectivity index (χ1v) is 7.26. The van der Waals surface area contributed by atoms with E-state index in [2.05, 4.69) is 5.32 Å². The quantitative estimate of drug-likeness (QED) is 0.875. The molecule has 1 aromatic rings. The van der Waals surface area contributed by atoms with E-state index in [4.69, 9.17) is 21.4 Å². The molecule has 1 aliphatic rings. The van der Waals surface area contributed by atoms with Gasteiger partial charge in [0.25, 0.3) is 0 Å². The van der Waals surface area contributed by atoms with Crippen LogP contribution < -0.4 is 10.1 Å². The van der Waals surface area contributed by atoms with Crippen molar-refractivity contribution in [1.82, 2.24) is 0 Å². The summed E-state index contributed by atoms with van der Waals surface area (Å²) in [7, 11) is 0. The van der Waals surface area contributed by atoms with Gasteiger partial charge >= 0.3 is 5.97 Å². The minimum absolute atomic E-state index is 0.0870. The monoisotopic (exact) mass is 311 g/mol. The van der Waals surface area contributed by atoms with Gasteiger partial charge in [-0.3, -0.25) is 9.59 Å². The van der Waals surface area contributed by atoms with Gasteiger partial charge in [-0.2, -0.15) is 0 Å².